The fraction of sp³-hybridized carbons (Fsp3) is 0.200. The molecule has 0 aliphatic heterocycles. The molecule has 0 atom stereocenters. The second-order valence-electron chi connectivity index (χ2n) is 6.10. The molecule has 2 N–H and O–H groups in total. The number of anilines is 1. The van der Waals surface area contributed by atoms with Crippen LogP contribution >= 0.6 is 22.9 Å². The molecule has 0 fully saturated rings. The van der Waals surface area contributed by atoms with Crippen molar-refractivity contribution < 1.29 is 23.9 Å². The summed E-state index contributed by atoms with van der Waals surface area (Å²) in [7, 11) is 1.22. The quantitative estimate of drug-likeness (QED) is 0.544. The molecule has 0 radical (unpaired) electrons. The first-order valence-corrected chi connectivity index (χ1v) is 10.1. The van der Waals surface area contributed by atoms with E-state index in [0.717, 1.165) is 16.9 Å². The lowest BCUT2D eigenvalue weighted by molar-refractivity contribution is 0.0531. The fourth-order valence-electron chi connectivity index (χ4n) is 2.72. The third-order valence-corrected chi connectivity index (χ3v) is 5.63. The van der Waals surface area contributed by atoms with Gasteiger partial charge in [-0.1, -0.05) is 23.7 Å². The maximum atomic E-state index is 12.7. The second kappa shape index (κ2) is 9.10. The lowest BCUT2D eigenvalue weighted by atomic mass is 10.1. The monoisotopic (exact) mass is 447 g/mol. The number of nitrogens with zero attached hydrogens (tertiary/aromatic N) is 1. The molecule has 1 aromatic carbocycles. The van der Waals surface area contributed by atoms with Gasteiger partial charge in [0.2, 0.25) is 0 Å². The number of benzene rings is 1. The van der Waals surface area contributed by atoms with Crippen molar-refractivity contribution in [2.45, 2.75) is 13.8 Å². The summed E-state index contributed by atoms with van der Waals surface area (Å²) < 4.78 is 9.82. The van der Waals surface area contributed by atoms with Gasteiger partial charge in [-0.3, -0.25) is 9.89 Å². The van der Waals surface area contributed by atoms with Crippen molar-refractivity contribution in [3.05, 3.63) is 57.1 Å². The number of hydrogen-bond acceptors (Lipinski definition) is 7. The SMILES string of the molecule is CCOC(=O)c1sc(NC(=O)c2cc(-c3ccc(Cl)cc3)n[nH]2)c(C(=O)OC)c1C. The number of methoxy groups -OCH3 is 1. The predicted molar refractivity (Wildman–Crippen MR) is 113 cm³/mol. The Bertz CT molecular complexity index is 1100. The highest BCUT2D eigenvalue weighted by Crippen LogP contribution is 2.34. The van der Waals surface area contributed by atoms with Crippen LogP contribution in [0.1, 0.15) is 43.0 Å². The van der Waals surface area contributed by atoms with Gasteiger partial charge in [0.15, 0.2) is 0 Å². The first kappa shape index (κ1) is 21.5. The number of esters is 2. The smallest absolute Gasteiger partial charge is 0.348 e. The van der Waals surface area contributed by atoms with Gasteiger partial charge in [-0.25, -0.2) is 9.59 Å². The summed E-state index contributed by atoms with van der Waals surface area (Å²) in [6, 6.07) is 8.58. The van der Waals surface area contributed by atoms with Crippen LogP contribution in [0.4, 0.5) is 5.00 Å². The van der Waals surface area contributed by atoms with Gasteiger partial charge in [-0.05, 0) is 37.6 Å². The van der Waals surface area contributed by atoms with E-state index in [9.17, 15) is 14.4 Å². The number of H-pyrrole nitrogens is 1. The third kappa shape index (κ3) is 4.37. The number of ether oxygens (including phenoxy) is 2. The minimum absolute atomic E-state index is 0.108. The van der Waals surface area contributed by atoms with Gasteiger partial charge in [0.1, 0.15) is 15.6 Å². The third-order valence-electron chi connectivity index (χ3n) is 4.19. The minimum Gasteiger partial charge on any atom is -0.465 e. The van der Waals surface area contributed by atoms with Crippen LogP contribution in [0.2, 0.25) is 5.02 Å². The van der Waals surface area contributed by atoms with Crippen molar-refractivity contribution >= 4 is 45.8 Å². The first-order valence-electron chi connectivity index (χ1n) is 8.87. The Kier molecular flexibility index (Phi) is 6.53. The van der Waals surface area contributed by atoms with E-state index in [1.54, 1.807) is 44.2 Å². The van der Waals surface area contributed by atoms with Gasteiger partial charge in [0.05, 0.1) is 25.0 Å². The van der Waals surface area contributed by atoms with Crippen LogP contribution in [0, 0.1) is 6.92 Å². The number of hydrogen-bond donors (Lipinski definition) is 2. The molecule has 8 nitrogen and oxygen atoms in total. The number of aromatic amines is 1. The van der Waals surface area contributed by atoms with Gasteiger partial charge in [-0.15, -0.1) is 11.3 Å². The number of rotatable bonds is 6. The van der Waals surface area contributed by atoms with Crippen LogP contribution in [0.15, 0.2) is 30.3 Å². The number of carbonyl (C=O) groups excluding carboxylic acids is 3. The molecule has 156 valence electrons. The van der Waals surface area contributed by atoms with Gasteiger partial charge in [-0.2, -0.15) is 5.10 Å². The Balaban J connectivity index is 1.89. The van der Waals surface area contributed by atoms with Gasteiger partial charge in [0.25, 0.3) is 5.91 Å². The maximum absolute atomic E-state index is 12.7. The Morgan fingerprint density at radius 2 is 1.90 bits per heavy atom. The summed E-state index contributed by atoms with van der Waals surface area (Å²) in [6.07, 6.45) is 0. The van der Waals surface area contributed by atoms with Crippen LogP contribution in [0.25, 0.3) is 11.3 Å². The van der Waals surface area contributed by atoms with Crippen molar-refractivity contribution in [1.29, 1.82) is 0 Å². The van der Waals surface area contributed by atoms with Crippen molar-refractivity contribution in [1.82, 2.24) is 10.2 Å². The molecule has 0 saturated carbocycles. The van der Waals surface area contributed by atoms with Crippen LogP contribution < -0.4 is 5.32 Å². The van der Waals surface area contributed by atoms with E-state index in [0.29, 0.717) is 16.3 Å². The summed E-state index contributed by atoms with van der Waals surface area (Å²) in [6.45, 7) is 3.47. The number of thiophene rings is 1. The number of amides is 1. The summed E-state index contributed by atoms with van der Waals surface area (Å²) >= 11 is 6.84. The molecule has 3 rings (SSSR count). The fourth-order valence-corrected chi connectivity index (χ4v) is 3.93. The molecular formula is C20H18ClN3O5S. The molecular weight excluding hydrogens is 430 g/mol. The molecule has 2 aromatic heterocycles. The average Bonchev–Trinajstić information content (AvgIpc) is 3.33. The number of carbonyl (C=O) groups is 3. The number of aromatic nitrogens is 2. The topological polar surface area (TPSA) is 110 Å². The van der Waals surface area contributed by atoms with E-state index < -0.39 is 17.8 Å². The van der Waals surface area contributed by atoms with Crippen molar-refractivity contribution in [3.63, 3.8) is 0 Å². The van der Waals surface area contributed by atoms with E-state index in [4.69, 9.17) is 21.1 Å². The highest BCUT2D eigenvalue weighted by molar-refractivity contribution is 7.18. The lowest BCUT2D eigenvalue weighted by Gasteiger charge is -2.04. The standard InChI is InChI=1S/C20H18ClN3O5S/c1-4-29-20(27)16-10(2)15(19(26)28-3)18(30-16)22-17(25)14-9-13(23-24-14)11-5-7-12(21)8-6-11/h5-9H,4H2,1-3H3,(H,22,25)(H,23,24). The summed E-state index contributed by atoms with van der Waals surface area (Å²) in [5, 5.41) is 10.2. The van der Waals surface area contributed by atoms with Crippen molar-refractivity contribution in [3.8, 4) is 11.3 Å². The van der Waals surface area contributed by atoms with Gasteiger partial charge >= 0.3 is 11.9 Å². The maximum Gasteiger partial charge on any atom is 0.348 e. The molecule has 0 aliphatic carbocycles. The largest absolute Gasteiger partial charge is 0.465 e. The van der Waals surface area contributed by atoms with Crippen LogP contribution in [0.3, 0.4) is 0 Å². The predicted octanol–water partition coefficient (Wildman–Crippen LogP) is 4.32. The van der Waals surface area contributed by atoms with E-state index in [1.807, 2.05) is 0 Å². The molecule has 0 unspecified atom stereocenters. The first-order chi connectivity index (χ1) is 14.3. The molecule has 0 spiro atoms. The van der Waals surface area contributed by atoms with Crippen LogP contribution in [-0.4, -0.2) is 41.8 Å². The Hall–Kier alpha value is -3.17. The Labute approximate surface area is 181 Å². The number of nitrogens with one attached hydrogen (secondary N) is 2. The number of halogens is 1. The summed E-state index contributed by atoms with van der Waals surface area (Å²) in [5.74, 6) is -1.76. The van der Waals surface area contributed by atoms with Crippen LogP contribution in [0.5, 0.6) is 0 Å². The highest BCUT2D eigenvalue weighted by atomic mass is 35.5. The van der Waals surface area contributed by atoms with E-state index in [-0.39, 0.29) is 27.7 Å². The molecule has 0 bridgehead atoms. The second-order valence-corrected chi connectivity index (χ2v) is 7.56. The normalized spacial score (nSPS) is 10.5. The summed E-state index contributed by atoms with van der Waals surface area (Å²) in [5.41, 5.74) is 2.00. The lowest BCUT2D eigenvalue weighted by Crippen LogP contribution is -2.14. The zero-order valence-corrected chi connectivity index (χ0v) is 17.9. The van der Waals surface area contributed by atoms with Gasteiger partial charge < -0.3 is 14.8 Å². The molecule has 3 aromatic rings. The Morgan fingerprint density at radius 3 is 2.53 bits per heavy atom. The van der Waals surface area contributed by atoms with Crippen molar-refractivity contribution in [2.24, 2.45) is 0 Å². The highest BCUT2D eigenvalue weighted by Gasteiger charge is 2.27. The van der Waals surface area contributed by atoms with Crippen molar-refractivity contribution in [2.75, 3.05) is 19.0 Å². The zero-order valence-electron chi connectivity index (χ0n) is 16.4. The summed E-state index contributed by atoms with van der Waals surface area (Å²) in [4.78, 5) is 37.4. The average molecular weight is 448 g/mol. The zero-order chi connectivity index (χ0) is 21.8. The molecule has 2 heterocycles. The molecule has 30 heavy (non-hydrogen) atoms. The molecule has 10 heteroatoms. The molecule has 0 aliphatic rings. The van der Waals surface area contributed by atoms with E-state index in [2.05, 4.69) is 15.5 Å². The van der Waals surface area contributed by atoms with Gasteiger partial charge in [0, 0.05) is 10.6 Å². The molecule has 0 saturated heterocycles. The molecule has 1 amide bonds. The minimum atomic E-state index is -0.666. The van der Waals surface area contributed by atoms with E-state index >= 15 is 0 Å². The Morgan fingerprint density at radius 1 is 1.20 bits per heavy atom. The van der Waals surface area contributed by atoms with Crippen LogP contribution in [-0.2, 0) is 9.47 Å². The van der Waals surface area contributed by atoms with E-state index in [1.165, 1.54) is 7.11 Å².